The van der Waals surface area contributed by atoms with Gasteiger partial charge in [0.15, 0.2) is 0 Å². The number of nitrogens with zero attached hydrogens (tertiary/aromatic N) is 1. The number of amides is 1. The van der Waals surface area contributed by atoms with Crippen LogP contribution in [0.5, 0.6) is 0 Å². The van der Waals surface area contributed by atoms with E-state index in [1.54, 1.807) is 0 Å². The molecule has 1 fully saturated rings. The minimum absolute atomic E-state index is 0.132. The molecule has 4 nitrogen and oxygen atoms in total. The number of benzene rings is 2. The number of hydrogen-bond acceptors (Lipinski definition) is 3. The van der Waals surface area contributed by atoms with Crippen molar-refractivity contribution in [2.75, 3.05) is 31.2 Å². The lowest BCUT2D eigenvalue weighted by Crippen LogP contribution is -2.37. The fraction of sp³-hybridized carbons (Fsp3) is 0.435. The van der Waals surface area contributed by atoms with Crippen LogP contribution in [0.3, 0.4) is 0 Å². The van der Waals surface area contributed by atoms with E-state index in [-0.39, 0.29) is 5.91 Å². The summed E-state index contributed by atoms with van der Waals surface area (Å²) in [4.78, 5) is 14.7. The zero-order chi connectivity index (χ0) is 18.9. The Hall–Kier alpha value is -2.33. The smallest absolute Gasteiger partial charge is 0.220 e. The molecular formula is C23H30N2O2. The van der Waals surface area contributed by atoms with E-state index < -0.39 is 0 Å². The molecule has 0 radical (unpaired) electrons. The van der Waals surface area contributed by atoms with E-state index in [4.69, 9.17) is 4.74 Å². The molecule has 2 aromatic carbocycles. The van der Waals surface area contributed by atoms with E-state index in [9.17, 15) is 4.79 Å². The van der Waals surface area contributed by atoms with Gasteiger partial charge >= 0.3 is 0 Å². The summed E-state index contributed by atoms with van der Waals surface area (Å²) in [7, 11) is 0. The van der Waals surface area contributed by atoms with E-state index in [0.717, 1.165) is 39.1 Å². The summed E-state index contributed by atoms with van der Waals surface area (Å²) < 4.78 is 5.45. The summed E-state index contributed by atoms with van der Waals surface area (Å²) in [6, 6.07) is 18.8. The average Bonchev–Trinajstić information content (AvgIpc) is 2.72. The number of aryl methyl sites for hydroxylation is 1. The topological polar surface area (TPSA) is 41.6 Å². The third-order valence-corrected chi connectivity index (χ3v) is 5.12. The number of anilines is 1. The van der Waals surface area contributed by atoms with Crippen molar-refractivity contribution in [2.45, 2.75) is 32.7 Å². The first-order valence-corrected chi connectivity index (χ1v) is 9.93. The maximum Gasteiger partial charge on any atom is 0.220 e. The largest absolute Gasteiger partial charge is 0.378 e. The van der Waals surface area contributed by atoms with Gasteiger partial charge < -0.3 is 15.0 Å². The molecule has 1 unspecified atom stereocenters. The van der Waals surface area contributed by atoms with Gasteiger partial charge in [-0.25, -0.2) is 0 Å². The number of carbonyl (C=O) groups excluding carboxylic acids is 1. The normalized spacial score (nSPS) is 15.4. The highest BCUT2D eigenvalue weighted by Gasteiger charge is 2.15. The number of rotatable bonds is 8. The van der Waals surface area contributed by atoms with Crippen molar-refractivity contribution in [1.29, 1.82) is 0 Å². The average molecular weight is 367 g/mol. The lowest BCUT2D eigenvalue weighted by molar-refractivity contribution is -0.122. The number of hydrogen-bond donors (Lipinski definition) is 1. The van der Waals surface area contributed by atoms with Crippen molar-refractivity contribution in [2.24, 2.45) is 5.92 Å². The molecule has 144 valence electrons. The fourth-order valence-electron chi connectivity index (χ4n) is 3.52. The van der Waals surface area contributed by atoms with E-state index in [0.29, 0.717) is 18.9 Å². The van der Waals surface area contributed by atoms with Crippen molar-refractivity contribution >= 4 is 11.6 Å². The fourth-order valence-corrected chi connectivity index (χ4v) is 3.52. The molecule has 1 atom stereocenters. The van der Waals surface area contributed by atoms with Crippen LogP contribution in [0, 0.1) is 5.92 Å². The third kappa shape index (κ3) is 6.10. The summed E-state index contributed by atoms with van der Waals surface area (Å²) in [5.74, 6) is 0.507. The zero-order valence-corrected chi connectivity index (χ0v) is 16.2. The Morgan fingerprint density at radius 1 is 1.07 bits per heavy atom. The molecular weight excluding hydrogens is 336 g/mol. The Bertz CT molecular complexity index is 711. The van der Waals surface area contributed by atoms with Crippen LogP contribution in [-0.2, 0) is 22.5 Å². The Morgan fingerprint density at radius 2 is 1.78 bits per heavy atom. The molecule has 27 heavy (non-hydrogen) atoms. The SMILES string of the molecule is CC(CCc1ccccc1)CC(=O)NCc1ccccc1N1CCOCC1. The van der Waals surface area contributed by atoms with Crippen LogP contribution >= 0.6 is 0 Å². The minimum Gasteiger partial charge on any atom is -0.378 e. The summed E-state index contributed by atoms with van der Waals surface area (Å²) in [5.41, 5.74) is 3.71. The zero-order valence-electron chi connectivity index (χ0n) is 16.2. The number of nitrogens with one attached hydrogen (secondary N) is 1. The first-order valence-electron chi connectivity index (χ1n) is 9.93. The van der Waals surface area contributed by atoms with Gasteiger partial charge in [0.05, 0.1) is 13.2 Å². The molecule has 0 bridgehead atoms. The molecule has 1 heterocycles. The quantitative estimate of drug-likeness (QED) is 0.773. The molecule has 3 rings (SSSR count). The Balaban J connectivity index is 1.46. The lowest BCUT2D eigenvalue weighted by atomic mass is 9.98. The summed E-state index contributed by atoms with van der Waals surface area (Å²) in [6.07, 6.45) is 2.63. The van der Waals surface area contributed by atoms with Crippen molar-refractivity contribution in [3.05, 3.63) is 65.7 Å². The van der Waals surface area contributed by atoms with Gasteiger partial charge in [-0.1, -0.05) is 55.5 Å². The highest BCUT2D eigenvalue weighted by molar-refractivity contribution is 5.76. The summed E-state index contributed by atoms with van der Waals surface area (Å²) >= 11 is 0. The van der Waals surface area contributed by atoms with Crippen LogP contribution < -0.4 is 10.2 Å². The van der Waals surface area contributed by atoms with Crippen LogP contribution in [0.25, 0.3) is 0 Å². The van der Waals surface area contributed by atoms with Crippen molar-refractivity contribution in [1.82, 2.24) is 5.32 Å². The van der Waals surface area contributed by atoms with Gasteiger partial charge in [-0.05, 0) is 36.0 Å². The molecule has 4 heteroatoms. The summed E-state index contributed by atoms with van der Waals surface area (Å²) in [5, 5.41) is 3.11. The second-order valence-corrected chi connectivity index (χ2v) is 7.34. The lowest BCUT2D eigenvalue weighted by Gasteiger charge is -2.30. The van der Waals surface area contributed by atoms with Gasteiger partial charge in [-0.2, -0.15) is 0 Å². The van der Waals surface area contributed by atoms with Gasteiger partial charge in [-0.3, -0.25) is 4.79 Å². The molecule has 0 aromatic heterocycles. The summed E-state index contributed by atoms with van der Waals surface area (Å²) in [6.45, 7) is 6.07. The van der Waals surface area contributed by atoms with Crippen LogP contribution in [0.2, 0.25) is 0 Å². The van der Waals surface area contributed by atoms with Crippen LogP contribution in [0.15, 0.2) is 54.6 Å². The van der Waals surface area contributed by atoms with Crippen LogP contribution in [0.1, 0.15) is 30.9 Å². The van der Waals surface area contributed by atoms with Crippen molar-refractivity contribution in [3.8, 4) is 0 Å². The van der Waals surface area contributed by atoms with E-state index in [2.05, 4.69) is 59.6 Å². The molecule has 1 amide bonds. The Kier molecular flexibility index (Phi) is 7.28. The molecule has 0 spiro atoms. The maximum absolute atomic E-state index is 12.4. The van der Waals surface area contributed by atoms with E-state index >= 15 is 0 Å². The van der Waals surface area contributed by atoms with Gasteiger partial charge in [0.2, 0.25) is 5.91 Å². The highest BCUT2D eigenvalue weighted by atomic mass is 16.5. The second-order valence-electron chi connectivity index (χ2n) is 7.34. The Labute approximate surface area is 162 Å². The van der Waals surface area contributed by atoms with E-state index in [1.165, 1.54) is 16.8 Å². The Morgan fingerprint density at radius 3 is 2.56 bits per heavy atom. The number of ether oxygens (including phenoxy) is 1. The molecule has 0 saturated carbocycles. The maximum atomic E-state index is 12.4. The van der Waals surface area contributed by atoms with Crippen LogP contribution in [0.4, 0.5) is 5.69 Å². The van der Waals surface area contributed by atoms with Gasteiger partial charge in [0, 0.05) is 31.7 Å². The first kappa shape index (κ1) is 19.4. The molecule has 2 aromatic rings. The first-order chi connectivity index (χ1) is 13.2. The third-order valence-electron chi connectivity index (χ3n) is 5.12. The number of morpholine rings is 1. The van der Waals surface area contributed by atoms with Gasteiger partial charge in [0.1, 0.15) is 0 Å². The number of carbonyl (C=O) groups is 1. The second kappa shape index (κ2) is 10.1. The highest BCUT2D eigenvalue weighted by Crippen LogP contribution is 2.21. The predicted molar refractivity (Wildman–Crippen MR) is 110 cm³/mol. The molecule has 1 aliphatic rings. The van der Waals surface area contributed by atoms with Gasteiger partial charge in [-0.15, -0.1) is 0 Å². The van der Waals surface area contributed by atoms with Crippen LogP contribution in [-0.4, -0.2) is 32.2 Å². The molecule has 1 saturated heterocycles. The number of para-hydroxylation sites is 1. The monoisotopic (exact) mass is 366 g/mol. The molecule has 1 N–H and O–H groups in total. The molecule has 0 aliphatic carbocycles. The van der Waals surface area contributed by atoms with Crippen molar-refractivity contribution < 1.29 is 9.53 Å². The minimum atomic E-state index is 0.132. The van der Waals surface area contributed by atoms with Gasteiger partial charge in [0.25, 0.3) is 0 Å². The molecule has 1 aliphatic heterocycles. The van der Waals surface area contributed by atoms with Crippen molar-refractivity contribution in [3.63, 3.8) is 0 Å². The predicted octanol–water partition coefficient (Wildman–Crippen LogP) is 3.80. The van der Waals surface area contributed by atoms with E-state index in [1.807, 2.05) is 12.1 Å². The standard InChI is InChI=1S/C23H30N2O2/c1-19(11-12-20-7-3-2-4-8-20)17-23(26)24-18-21-9-5-6-10-22(21)25-13-15-27-16-14-25/h2-10,19H,11-18H2,1H3,(H,24,26).